The third-order valence-corrected chi connectivity index (χ3v) is 3.86. The lowest BCUT2D eigenvalue weighted by atomic mass is 10.1. The zero-order valence-corrected chi connectivity index (χ0v) is 13.1. The summed E-state index contributed by atoms with van der Waals surface area (Å²) in [6.45, 7) is 6.77. The first kappa shape index (κ1) is 15.0. The zero-order chi connectivity index (χ0) is 15.2. The van der Waals surface area contributed by atoms with E-state index in [1.807, 2.05) is 23.1 Å². The fourth-order valence-corrected chi connectivity index (χ4v) is 2.88. The summed E-state index contributed by atoms with van der Waals surface area (Å²) in [7, 11) is 0. The standard InChI is InChI=1S/C18H23N3O/c1-16(12-17-6-3-2-4-7-17)13-20-10-11-22-18(14-20)15-21-9-5-8-19-21/h2-9,12,18H,10-11,13-15H2,1H3. The van der Waals surface area contributed by atoms with E-state index in [1.54, 1.807) is 0 Å². The molecule has 0 spiro atoms. The fourth-order valence-electron chi connectivity index (χ4n) is 2.88. The normalized spacial score (nSPS) is 20.2. The molecule has 0 amide bonds. The molecular weight excluding hydrogens is 274 g/mol. The minimum atomic E-state index is 0.221. The molecule has 1 unspecified atom stereocenters. The maximum atomic E-state index is 5.86. The molecule has 1 saturated heterocycles. The number of aromatic nitrogens is 2. The van der Waals surface area contributed by atoms with Gasteiger partial charge in [0.15, 0.2) is 0 Å². The summed E-state index contributed by atoms with van der Waals surface area (Å²) >= 11 is 0. The Morgan fingerprint density at radius 1 is 1.32 bits per heavy atom. The Morgan fingerprint density at radius 3 is 2.95 bits per heavy atom. The third-order valence-electron chi connectivity index (χ3n) is 3.86. The van der Waals surface area contributed by atoms with Gasteiger partial charge in [-0.15, -0.1) is 0 Å². The van der Waals surface area contributed by atoms with Gasteiger partial charge in [0, 0.05) is 32.0 Å². The van der Waals surface area contributed by atoms with Crippen LogP contribution in [-0.2, 0) is 11.3 Å². The first-order valence-electron chi connectivity index (χ1n) is 7.83. The van der Waals surface area contributed by atoms with E-state index < -0.39 is 0 Å². The molecule has 0 N–H and O–H groups in total. The van der Waals surface area contributed by atoms with Crippen LogP contribution in [-0.4, -0.2) is 47.0 Å². The lowest BCUT2D eigenvalue weighted by Gasteiger charge is -2.33. The van der Waals surface area contributed by atoms with E-state index in [0.29, 0.717) is 0 Å². The van der Waals surface area contributed by atoms with Gasteiger partial charge in [0.05, 0.1) is 19.3 Å². The minimum Gasteiger partial charge on any atom is -0.374 e. The van der Waals surface area contributed by atoms with E-state index in [0.717, 1.165) is 32.8 Å². The average molecular weight is 297 g/mol. The second kappa shape index (κ2) is 7.38. The number of rotatable bonds is 5. The molecule has 0 aliphatic carbocycles. The Hall–Kier alpha value is -1.91. The van der Waals surface area contributed by atoms with Crippen molar-refractivity contribution in [2.75, 3.05) is 26.2 Å². The van der Waals surface area contributed by atoms with Gasteiger partial charge < -0.3 is 4.74 Å². The molecule has 1 aromatic carbocycles. The van der Waals surface area contributed by atoms with Crippen molar-refractivity contribution in [3.63, 3.8) is 0 Å². The van der Waals surface area contributed by atoms with Crippen LogP contribution in [0.2, 0.25) is 0 Å². The van der Waals surface area contributed by atoms with Crippen molar-refractivity contribution in [3.05, 3.63) is 59.9 Å². The molecule has 1 atom stereocenters. The SMILES string of the molecule is CC(=Cc1ccccc1)CN1CCOC(Cn2cccn2)C1. The number of hydrogen-bond acceptors (Lipinski definition) is 3. The molecule has 1 aliphatic rings. The molecule has 4 heteroatoms. The average Bonchev–Trinajstić information content (AvgIpc) is 3.01. The molecule has 2 aromatic rings. The third kappa shape index (κ3) is 4.29. The van der Waals surface area contributed by atoms with Crippen LogP contribution in [0, 0.1) is 0 Å². The van der Waals surface area contributed by atoms with E-state index in [-0.39, 0.29) is 6.10 Å². The number of hydrogen-bond donors (Lipinski definition) is 0. The van der Waals surface area contributed by atoms with Gasteiger partial charge in [-0.2, -0.15) is 5.10 Å². The highest BCUT2D eigenvalue weighted by Crippen LogP contribution is 2.12. The number of ether oxygens (including phenoxy) is 1. The molecule has 22 heavy (non-hydrogen) atoms. The van der Waals surface area contributed by atoms with Crippen LogP contribution in [0.25, 0.3) is 6.08 Å². The Morgan fingerprint density at radius 2 is 2.18 bits per heavy atom. The van der Waals surface area contributed by atoms with Crippen molar-refractivity contribution < 1.29 is 4.74 Å². The number of nitrogens with zero attached hydrogens (tertiary/aromatic N) is 3. The Kier molecular flexibility index (Phi) is 5.03. The summed E-state index contributed by atoms with van der Waals surface area (Å²) in [6.07, 6.45) is 6.28. The fraction of sp³-hybridized carbons (Fsp3) is 0.389. The van der Waals surface area contributed by atoms with Gasteiger partial charge in [-0.05, 0) is 18.6 Å². The van der Waals surface area contributed by atoms with Gasteiger partial charge in [-0.1, -0.05) is 42.0 Å². The van der Waals surface area contributed by atoms with Crippen LogP contribution in [0.1, 0.15) is 12.5 Å². The Balaban J connectivity index is 1.54. The molecule has 1 aromatic heterocycles. The molecule has 2 heterocycles. The van der Waals surface area contributed by atoms with Gasteiger partial charge >= 0.3 is 0 Å². The van der Waals surface area contributed by atoms with Crippen LogP contribution in [0.3, 0.4) is 0 Å². The number of morpholine rings is 1. The summed E-state index contributed by atoms with van der Waals surface area (Å²) < 4.78 is 7.80. The van der Waals surface area contributed by atoms with Crippen molar-refractivity contribution in [2.45, 2.75) is 19.6 Å². The lowest BCUT2D eigenvalue weighted by molar-refractivity contribution is -0.0344. The van der Waals surface area contributed by atoms with Crippen LogP contribution < -0.4 is 0 Å². The van der Waals surface area contributed by atoms with E-state index in [4.69, 9.17) is 4.74 Å². The number of benzene rings is 1. The van der Waals surface area contributed by atoms with E-state index in [9.17, 15) is 0 Å². The summed E-state index contributed by atoms with van der Waals surface area (Å²) in [4.78, 5) is 2.46. The van der Waals surface area contributed by atoms with E-state index in [2.05, 4.69) is 53.3 Å². The van der Waals surface area contributed by atoms with Gasteiger partial charge in [0.1, 0.15) is 0 Å². The molecule has 1 fully saturated rings. The summed E-state index contributed by atoms with van der Waals surface area (Å²) in [6, 6.07) is 12.4. The largest absolute Gasteiger partial charge is 0.374 e. The molecule has 1 aliphatic heterocycles. The van der Waals surface area contributed by atoms with Crippen molar-refractivity contribution in [2.24, 2.45) is 0 Å². The summed E-state index contributed by atoms with van der Waals surface area (Å²) in [5.74, 6) is 0. The smallest absolute Gasteiger partial charge is 0.0898 e. The van der Waals surface area contributed by atoms with Crippen LogP contribution in [0.5, 0.6) is 0 Å². The van der Waals surface area contributed by atoms with Gasteiger partial charge in [0.25, 0.3) is 0 Å². The van der Waals surface area contributed by atoms with Crippen LogP contribution in [0.15, 0.2) is 54.4 Å². The second-order valence-electron chi connectivity index (χ2n) is 5.86. The van der Waals surface area contributed by atoms with Crippen LogP contribution in [0.4, 0.5) is 0 Å². The minimum absolute atomic E-state index is 0.221. The molecule has 0 saturated carbocycles. The van der Waals surface area contributed by atoms with Crippen molar-refractivity contribution in [3.8, 4) is 0 Å². The monoisotopic (exact) mass is 297 g/mol. The van der Waals surface area contributed by atoms with E-state index in [1.165, 1.54) is 11.1 Å². The van der Waals surface area contributed by atoms with E-state index >= 15 is 0 Å². The highest BCUT2D eigenvalue weighted by atomic mass is 16.5. The van der Waals surface area contributed by atoms with Crippen molar-refractivity contribution >= 4 is 6.08 Å². The second-order valence-corrected chi connectivity index (χ2v) is 5.86. The molecule has 0 bridgehead atoms. The quantitative estimate of drug-likeness (QED) is 0.850. The summed E-state index contributed by atoms with van der Waals surface area (Å²) in [5, 5.41) is 4.26. The molecule has 3 rings (SSSR count). The lowest BCUT2D eigenvalue weighted by Crippen LogP contribution is -2.44. The highest BCUT2D eigenvalue weighted by molar-refractivity contribution is 5.52. The zero-order valence-electron chi connectivity index (χ0n) is 13.1. The predicted molar refractivity (Wildman–Crippen MR) is 88.5 cm³/mol. The summed E-state index contributed by atoms with van der Waals surface area (Å²) in [5.41, 5.74) is 2.65. The van der Waals surface area contributed by atoms with Gasteiger partial charge in [-0.3, -0.25) is 9.58 Å². The first-order valence-corrected chi connectivity index (χ1v) is 7.83. The highest BCUT2D eigenvalue weighted by Gasteiger charge is 2.20. The van der Waals surface area contributed by atoms with Gasteiger partial charge in [-0.25, -0.2) is 0 Å². The van der Waals surface area contributed by atoms with Crippen molar-refractivity contribution in [1.82, 2.24) is 14.7 Å². The Labute approximate surface area is 132 Å². The molecule has 116 valence electrons. The maximum absolute atomic E-state index is 5.86. The predicted octanol–water partition coefficient (Wildman–Crippen LogP) is 2.69. The van der Waals surface area contributed by atoms with Gasteiger partial charge in [0.2, 0.25) is 0 Å². The van der Waals surface area contributed by atoms with Crippen molar-refractivity contribution in [1.29, 1.82) is 0 Å². The molecule has 0 radical (unpaired) electrons. The maximum Gasteiger partial charge on any atom is 0.0898 e. The molecular formula is C18H23N3O. The topological polar surface area (TPSA) is 30.3 Å². The first-order chi connectivity index (χ1) is 10.8. The Bertz CT molecular complexity index is 592. The van der Waals surface area contributed by atoms with Crippen LogP contribution >= 0.6 is 0 Å². The molecule has 4 nitrogen and oxygen atoms in total.